The van der Waals surface area contributed by atoms with Crippen LogP contribution in [0.5, 0.6) is 0 Å². The number of cyclic esters (lactones) is 1. The number of ether oxygens (including phenoxy) is 1. The van der Waals surface area contributed by atoms with Crippen molar-refractivity contribution in [2.45, 2.75) is 51.2 Å². The van der Waals surface area contributed by atoms with E-state index in [1.54, 1.807) is 9.58 Å². The van der Waals surface area contributed by atoms with Crippen molar-refractivity contribution < 1.29 is 19.4 Å². The molecule has 6 rings (SSSR count). The van der Waals surface area contributed by atoms with Crippen LogP contribution in [0.3, 0.4) is 0 Å². The van der Waals surface area contributed by atoms with Crippen molar-refractivity contribution in [3.05, 3.63) is 46.9 Å². The molecule has 4 aliphatic heterocycles. The van der Waals surface area contributed by atoms with Gasteiger partial charge in [0, 0.05) is 25.1 Å². The van der Waals surface area contributed by atoms with E-state index in [2.05, 4.69) is 26.5 Å². The molecule has 2 fully saturated rings. The van der Waals surface area contributed by atoms with Crippen LogP contribution in [-0.4, -0.2) is 79.3 Å². The Bertz CT molecular complexity index is 1180. The smallest absolute Gasteiger partial charge is 0.333 e. The Labute approximate surface area is 197 Å². The summed E-state index contributed by atoms with van der Waals surface area (Å²) in [6.07, 6.45) is 4.79. The third-order valence-corrected chi connectivity index (χ3v) is 7.87. The van der Waals surface area contributed by atoms with Crippen LogP contribution < -0.4 is 0 Å². The monoisotopic (exact) mass is 464 g/mol. The number of nitrogens with zero attached hydrogens (tertiary/aromatic N) is 6. The summed E-state index contributed by atoms with van der Waals surface area (Å²) in [6.45, 7) is 4.28. The summed E-state index contributed by atoms with van der Waals surface area (Å²) in [7, 11) is 0. The van der Waals surface area contributed by atoms with Crippen molar-refractivity contribution in [1.29, 1.82) is 0 Å². The van der Waals surface area contributed by atoms with E-state index in [-0.39, 0.29) is 29.9 Å². The molecule has 0 aliphatic carbocycles. The lowest BCUT2D eigenvalue weighted by atomic mass is 9.76. The van der Waals surface area contributed by atoms with Crippen molar-refractivity contribution in [1.82, 2.24) is 30.0 Å². The molecule has 4 aliphatic rings. The maximum Gasteiger partial charge on any atom is 0.333 e. The van der Waals surface area contributed by atoms with Crippen molar-refractivity contribution in [3.8, 4) is 5.69 Å². The Balaban J connectivity index is 1.10. The molecule has 0 unspecified atom stereocenters. The molecule has 1 amide bonds. The Morgan fingerprint density at radius 1 is 1.24 bits per heavy atom. The number of fused-ring (bicyclic) bond motifs is 3. The van der Waals surface area contributed by atoms with E-state index < -0.39 is 6.10 Å². The van der Waals surface area contributed by atoms with Gasteiger partial charge in [-0.1, -0.05) is 12.1 Å². The molecule has 10 nitrogen and oxygen atoms in total. The SMILES string of the molecule is C[C@H]1CC2(CCN(C[C@H](O)c3ccc4c(c3)CCc3nnnn3-4)CC2)C(=O)N1C1=CC(=O)OC1. The summed E-state index contributed by atoms with van der Waals surface area (Å²) in [5.74, 6) is 0.600. The maximum absolute atomic E-state index is 13.4. The molecular weight excluding hydrogens is 436 g/mol. The molecule has 1 spiro atoms. The lowest BCUT2D eigenvalue weighted by Crippen LogP contribution is -2.45. The molecule has 2 saturated heterocycles. The molecule has 1 aromatic carbocycles. The Hall–Kier alpha value is -3.11. The first-order chi connectivity index (χ1) is 16.4. The van der Waals surface area contributed by atoms with E-state index in [4.69, 9.17) is 4.74 Å². The molecule has 5 heterocycles. The summed E-state index contributed by atoms with van der Waals surface area (Å²) in [6, 6.07) is 6.05. The molecule has 2 aromatic rings. The van der Waals surface area contributed by atoms with Gasteiger partial charge in [0.15, 0.2) is 5.82 Å². The highest BCUT2D eigenvalue weighted by atomic mass is 16.5. The quantitative estimate of drug-likeness (QED) is 0.665. The number of aryl methyl sites for hydroxylation is 2. The number of rotatable bonds is 4. The third-order valence-electron chi connectivity index (χ3n) is 7.87. The van der Waals surface area contributed by atoms with Crippen molar-refractivity contribution in [3.63, 3.8) is 0 Å². The van der Waals surface area contributed by atoms with Crippen LogP contribution in [-0.2, 0) is 27.2 Å². The average Bonchev–Trinajstić information content (AvgIpc) is 3.54. The number of aliphatic hydroxyl groups excluding tert-OH is 1. The van der Waals surface area contributed by atoms with Crippen molar-refractivity contribution in [2.24, 2.45) is 5.41 Å². The zero-order valence-corrected chi connectivity index (χ0v) is 19.2. The second-order valence-corrected chi connectivity index (χ2v) is 9.96. The van der Waals surface area contributed by atoms with E-state index >= 15 is 0 Å². The van der Waals surface area contributed by atoms with Crippen molar-refractivity contribution >= 4 is 11.9 Å². The summed E-state index contributed by atoms with van der Waals surface area (Å²) in [5, 5.41) is 22.9. The van der Waals surface area contributed by atoms with Gasteiger partial charge in [-0.15, -0.1) is 5.10 Å². The minimum absolute atomic E-state index is 0.0570. The van der Waals surface area contributed by atoms with E-state index in [1.807, 2.05) is 19.1 Å². The number of likely N-dealkylation sites (tertiary alicyclic amines) is 2. The number of aliphatic hydroxyl groups is 1. The molecule has 0 bridgehead atoms. The van der Waals surface area contributed by atoms with Crippen molar-refractivity contribution in [2.75, 3.05) is 26.2 Å². The molecule has 178 valence electrons. The summed E-state index contributed by atoms with van der Waals surface area (Å²) >= 11 is 0. The van der Waals surface area contributed by atoms with E-state index in [0.29, 0.717) is 12.2 Å². The minimum Gasteiger partial charge on any atom is -0.456 e. The van der Waals surface area contributed by atoms with E-state index in [9.17, 15) is 14.7 Å². The molecule has 0 radical (unpaired) electrons. The number of aromatic nitrogens is 4. The number of β-amino-alcohol motifs (C(OH)–C–C–N with tert-alkyl or cyclic N) is 1. The molecule has 10 heteroatoms. The number of carbonyl (C=O) groups excluding carboxylic acids is 2. The zero-order valence-electron chi connectivity index (χ0n) is 19.2. The predicted molar refractivity (Wildman–Crippen MR) is 120 cm³/mol. The van der Waals surface area contributed by atoms with Gasteiger partial charge in [-0.2, -0.15) is 4.68 Å². The maximum atomic E-state index is 13.4. The lowest BCUT2D eigenvalue weighted by Gasteiger charge is -2.38. The first-order valence-electron chi connectivity index (χ1n) is 12.0. The minimum atomic E-state index is -0.601. The Morgan fingerprint density at radius 2 is 2.06 bits per heavy atom. The highest BCUT2D eigenvalue weighted by Crippen LogP contribution is 2.46. The van der Waals surface area contributed by atoms with Crippen LogP contribution in [0.15, 0.2) is 30.0 Å². The Kier molecular flexibility index (Phi) is 5.03. The number of amides is 1. The molecule has 1 aromatic heterocycles. The topological polar surface area (TPSA) is 114 Å². The van der Waals surface area contributed by atoms with Crippen LogP contribution in [0, 0.1) is 5.41 Å². The second-order valence-electron chi connectivity index (χ2n) is 9.96. The predicted octanol–water partition coefficient (Wildman–Crippen LogP) is 0.938. The van der Waals surface area contributed by atoms with Gasteiger partial charge in [-0.3, -0.25) is 4.79 Å². The van der Waals surface area contributed by atoms with Gasteiger partial charge in [0.05, 0.1) is 22.9 Å². The number of tetrazole rings is 1. The number of hydrogen-bond donors (Lipinski definition) is 1. The third kappa shape index (κ3) is 3.43. The molecule has 0 saturated carbocycles. The van der Waals surface area contributed by atoms with Crippen LogP contribution in [0.4, 0.5) is 0 Å². The van der Waals surface area contributed by atoms with Gasteiger partial charge in [0.2, 0.25) is 5.91 Å². The fourth-order valence-corrected chi connectivity index (χ4v) is 6.06. The average molecular weight is 465 g/mol. The highest BCUT2D eigenvalue weighted by Gasteiger charge is 2.52. The van der Waals surface area contributed by atoms with E-state index in [1.165, 1.54) is 6.08 Å². The molecule has 34 heavy (non-hydrogen) atoms. The van der Waals surface area contributed by atoms with Gasteiger partial charge in [0.25, 0.3) is 0 Å². The first kappa shape index (κ1) is 21.4. The fraction of sp³-hybridized carbons (Fsp3) is 0.542. The molecule has 1 N–H and O–H groups in total. The van der Waals surface area contributed by atoms with Gasteiger partial charge in [-0.25, -0.2) is 4.79 Å². The van der Waals surface area contributed by atoms with Crippen LogP contribution in [0.2, 0.25) is 0 Å². The van der Waals surface area contributed by atoms with Gasteiger partial charge < -0.3 is 19.6 Å². The van der Waals surface area contributed by atoms with Gasteiger partial charge in [-0.05, 0) is 73.3 Å². The van der Waals surface area contributed by atoms with Gasteiger partial charge in [0.1, 0.15) is 6.61 Å². The number of carbonyl (C=O) groups is 2. The largest absolute Gasteiger partial charge is 0.456 e. The Morgan fingerprint density at radius 3 is 2.82 bits per heavy atom. The van der Waals surface area contributed by atoms with Crippen LogP contribution >= 0.6 is 0 Å². The van der Waals surface area contributed by atoms with Crippen LogP contribution in [0.1, 0.15) is 49.2 Å². The second kappa shape index (κ2) is 7.99. The molecule has 2 atom stereocenters. The standard InChI is InChI=1S/C24H28N6O4/c1-15-12-24(23(33)29(15)18-11-22(32)34-14-18)6-8-28(9-7-24)13-20(31)17-2-4-19-16(10-17)3-5-21-25-26-27-30(19)21/h2,4,10-11,15,20,31H,3,5-9,12-14H2,1H3/t15-,20-/m0/s1. The summed E-state index contributed by atoms with van der Waals surface area (Å²) < 4.78 is 6.80. The fourth-order valence-electron chi connectivity index (χ4n) is 6.06. The summed E-state index contributed by atoms with van der Waals surface area (Å²) in [5.41, 5.74) is 3.31. The normalized spacial score (nSPS) is 24.7. The van der Waals surface area contributed by atoms with E-state index in [0.717, 1.165) is 67.8 Å². The lowest BCUT2D eigenvalue weighted by molar-refractivity contribution is -0.139. The number of esters is 1. The number of benzene rings is 1. The van der Waals surface area contributed by atoms with Gasteiger partial charge >= 0.3 is 5.97 Å². The summed E-state index contributed by atoms with van der Waals surface area (Å²) in [4.78, 5) is 28.9. The van der Waals surface area contributed by atoms with Crippen LogP contribution in [0.25, 0.3) is 5.69 Å². The zero-order chi connectivity index (χ0) is 23.4. The highest BCUT2D eigenvalue weighted by molar-refractivity contribution is 5.91. The first-order valence-corrected chi connectivity index (χ1v) is 12.0. The number of piperidine rings is 1. The number of hydrogen-bond acceptors (Lipinski definition) is 8. The molecular formula is C24H28N6O4.